The van der Waals surface area contributed by atoms with Crippen molar-refractivity contribution in [2.75, 3.05) is 13.1 Å². The van der Waals surface area contributed by atoms with E-state index >= 15 is 0 Å². The van der Waals surface area contributed by atoms with Crippen LogP contribution in [0.4, 0.5) is 0 Å². The molecule has 0 bridgehead atoms. The van der Waals surface area contributed by atoms with Crippen molar-refractivity contribution in [1.82, 2.24) is 9.88 Å². The van der Waals surface area contributed by atoms with Gasteiger partial charge >= 0.3 is 0 Å². The third kappa shape index (κ3) is 3.66. The zero-order valence-electron chi connectivity index (χ0n) is 19.3. The standard InChI is InChI=1S/C27H30N2O2S/c1-17-6-5-7-18-8-9-19(14-20(17)18)24(31)29-12-10-27(11-13-29)15-21(30)23-22(16-27)32-25(28-23)26(2,3)4/h5-9,14H,10-13,15-16H2,1-4H3. The van der Waals surface area contributed by atoms with Crippen LogP contribution >= 0.6 is 11.3 Å². The van der Waals surface area contributed by atoms with Crippen LogP contribution in [0.25, 0.3) is 10.8 Å². The number of amides is 1. The fourth-order valence-corrected chi connectivity index (χ4v) is 6.43. The number of fused-ring (bicyclic) bond motifs is 2. The van der Waals surface area contributed by atoms with Gasteiger partial charge in [0.2, 0.25) is 0 Å². The maximum atomic E-state index is 13.3. The Morgan fingerprint density at radius 2 is 1.84 bits per heavy atom. The molecule has 2 aliphatic rings. The van der Waals surface area contributed by atoms with Gasteiger partial charge in [0.15, 0.2) is 5.78 Å². The Morgan fingerprint density at radius 3 is 2.56 bits per heavy atom. The number of rotatable bonds is 1. The molecule has 5 heteroatoms. The Morgan fingerprint density at radius 1 is 1.09 bits per heavy atom. The van der Waals surface area contributed by atoms with Crippen LogP contribution in [-0.2, 0) is 11.8 Å². The monoisotopic (exact) mass is 446 g/mol. The first-order valence-corrected chi connectivity index (χ1v) is 12.3. The Labute approximate surface area is 193 Å². The number of thiazole rings is 1. The number of benzene rings is 2. The first-order valence-electron chi connectivity index (χ1n) is 11.5. The molecule has 0 atom stereocenters. The number of ketones is 1. The van der Waals surface area contributed by atoms with Crippen LogP contribution in [0.3, 0.4) is 0 Å². The van der Waals surface area contributed by atoms with E-state index in [1.165, 1.54) is 5.56 Å². The van der Waals surface area contributed by atoms with Crippen LogP contribution in [0.1, 0.15) is 76.3 Å². The summed E-state index contributed by atoms with van der Waals surface area (Å²) in [7, 11) is 0. The second-order valence-corrected chi connectivity index (χ2v) is 11.7. The summed E-state index contributed by atoms with van der Waals surface area (Å²) in [6, 6.07) is 12.2. The van der Waals surface area contributed by atoms with Crippen LogP contribution in [0, 0.1) is 12.3 Å². The van der Waals surface area contributed by atoms with Gasteiger partial charge in [-0.05, 0) is 60.1 Å². The summed E-state index contributed by atoms with van der Waals surface area (Å²) in [5.74, 6) is 0.281. The van der Waals surface area contributed by atoms with Crippen molar-refractivity contribution in [3.8, 4) is 0 Å². The van der Waals surface area contributed by atoms with Gasteiger partial charge in [-0.15, -0.1) is 11.3 Å². The number of hydrogen-bond acceptors (Lipinski definition) is 4. The maximum absolute atomic E-state index is 13.3. The van der Waals surface area contributed by atoms with Crippen molar-refractivity contribution in [3.63, 3.8) is 0 Å². The summed E-state index contributed by atoms with van der Waals surface area (Å²) in [6.07, 6.45) is 3.22. The molecule has 0 N–H and O–H groups in total. The summed E-state index contributed by atoms with van der Waals surface area (Å²) >= 11 is 1.71. The van der Waals surface area contributed by atoms with Crippen molar-refractivity contribution in [2.24, 2.45) is 5.41 Å². The summed E-state index contributed by atoms with van der Waals surface area (Å²) in [5, 5.41) is 3.35. The highest BCUT2D eigenvalue weighted by molar-refractivity contribution is 7.12. The van der Waals surface area contributed by atoms with Gasteiger partial charge in [0.1, 0.15) is 5.69 Å². The number of carbonyl (C=O) groups excluding carboxylic acids is 2. The molecule has 166 valence electrons. The van der Waals surface area contributed by atoms with Crippen LogP contribution in [0.15, 0.2) is 36.4 Å². The molecule has 1 spiro atoms. The van der Waals surface area contributed by atoms with Gasteiger partial charge in [-0.2, -0.15) is 0 Å². The number of nitrogens with zero attached hydrogens (tertiary/aromatic N) is 2. The van der Waals surface area contributed by atoms with Crippen molar-refractivity contribution in [2.45, 2.75) is 58.8 Å². The predicted molar refractivity (Wildman–Crippen MR) is 130 cm³/mol. The molecule has 0 radical (unpaired) electrons. The lowest BCUT2D eigenvalue weighted by molar-refractivity contribution is 0.0522. The Balaban J connectivity index is 1.33. The zero-order valence-corrected chi connectivity index (χ0v) is 20.1. The highest BCUT2D eigenvalue weighted by Gasteiger charge is 2.43. The molecule has 1 aromatic heterocycles. The number of likely N-dealkylation sites (tertiary alicyclic amines) is 1. The average molecular weight is 447 g/mol. The summed E-state index contributed by atoms with van der Waals surface area (Å²) in [5.41, 5.74) is 2.58. The Hall–Kier alpha value is -2.53. The molecule has 1 aliphatic carbocycles. The van der Waals surface area contributed by atoms with Crippen molar-refractivity contribution in [1.29, 1.82) is 0 Å². The minimum Gasteiger partial charge on any atom is -0.339 e. The first-order chi connectivity index (χ1) is 15.2. The van der Waals surface area contributed by atoms with E-state index in [9.17, 15) is 9.59 Å². The summed E-state index contributed by atoms with van der Waals surface area (Å²) in [6.45, 7) is 9.94. The van der Waals surface area contributed by atoms with Crippen molar-refractivity contribution < 1.29 is 9.59 Å². The predicted octanol–water partition coefficient (Wildman–Crippen LogP) is 5.95. The number of carbonyl (C=O) groups is 2. The third-order valence-corrected chi connectivity index (χ3v) is 8.61. The van der Waals surface area contributed by atoms with Crippen LogP contribution in [-0.4, -0.2) is 34.7 Å². The molecule has 2 heterocycles. The van der Waals surface area contributed by atoms with Gasteiger partial charge < -0.3 is 4.90 Å². The largest absolute Gasteiger partial charge is 0.339 e. The van der Waals surface area contributed by atoms with E-state index in [-0.39, 0.29) is 22.5 Å². The van der Waals surface area contributed by atoms with Crippen LogP contribution < -0.4 is 0 Å². The van der Waals surface area contributed by atoms with Gasteiger partial charge in [-0.3, -0.25) is 9.59 Å². The van der Waals surface area contributed by atoms with E-state index in [2.05, 4.69) is 39.8 Å². The summed E-state index contributed by atoms with van der Waals surface area (Å²) in [4.78, 5) is 34.0. The van der Waals surface area contributed by atoms with E-state index in [1.807, 2.05) is 29.2 Å². The second kappa shape index (κ2) is 7.51. The SMILES string of the molecule is Cc1cccc2ccc(C(=O)N3CCC4(CC3)CC(=O)c3nc(C(C)(C)C)sc3C4)cc12. The lowest BCUT2D eigenvalue weighted by Crippen LogP contribution is -2.46. The Kier molecular flexibility index (Phi) is 5.01. The van der Waals surface area contributed by atoms with Crippen molar-refractivity contribution in [3.05, 3.63) is 63.1 Å². The molecule has 5 rings (SSSR count). The first kappa shape index (κ1) is 21.3. The smallest absolute Gasteiger partial charge is 0.253 e. The topological polar surface area (TPSA) is 50.3 Å². The van der Waals surface area contributed by atoms with Gasteiger partial charge in [0, 0.05) is 35.4 Å². The lowest BCUT2D eigenvalue weighted by atomic mass is 9.68. The third-order valence-electron chi connectivity index (χ3n) is 7.13. The molecule has 3 aromatic rings. The number of Topliss-reactive ketones (excluding diaryl/α,β-unsaturated/α-hetero) is 1. The molecule has 0 saturated carbocycles. The minimum atomic E-state index is -0.0383. The van der Waals surface area contributed by atoms with E-state index in [4.69, 9.17) is 4.98 Å². The van der Waals surface area contributed by atoms with Gasteiger partial charge in [-0.1, -0.05) is 45.0 Å². The van der Waals surface area contributed by atoms with E-state index in [1.54, 1.807) is 11.3 Å². The quantitative estimate of drug-likeness (QED) is 0.464. The number of aryl methyl sites for hydroxylation is 1. The fraction of sp³-hybridized carbons (Fsp3) is 0.444. The molecule has 32 heavy (non-hydrogen) atoms. The number of aromatic nitrogens is 1. The van der Waals surface area contributed by atoms with E-state index < -0.39 is 0 Å². The second-order valence-electron chi connectivity index (χ2n) is 10.6. The minimum absolute atomic E-state index is 0.0253. The average Bonchev–Trinajstić information content (AvgIpc) is 3.19. The molecule has 4 nitrogen and oxygen atoms in total. The lowest BCUT2D eigenvalue weighted by Gasteiger charge is -2.43. The van der Waals surface area contributed by atoms with Crippen LogP contribution in [0.2, 0.25) is 0 Å². The highest BCUT2D eigenvalue weighted by Crippen LogP contribution is 2.46. The molecule has 1 aliphatic heterocycles. The molecule has 1 saturated heterocycles. The maximum Gasteiger partial charge on any atom is 0.253 e. The fourth-order valence-electron chi connectivity index (χ4n) is 5.12. The molecule has 1 fully saturated rings. The summed E-state index contributed by atoms with van der Waals surface area (Å²) < 4.78 is 0. The zero-order chi connectivity index (χ0) is 22.7. The van der Waals surface area contributed by atoms with Crippen LogP contribution in [0.5, 0.6) is 0 Å². The molecular weight excluding hydrogens is 416 g/mol. The van der Waals surface area contributed by atoms with Gasteiger partial charge in [-0.25, -0.2) is 4.98 Å². The molecule has 2 aromatic carbocycles. The highest BCUT2D eigenvalue weighted by atomic mass is 32.1. The normalized spacial score (nSPS) is 18.2. The number of piperidine rings is 1. The van der Waals surface area contributed by atoms with E-state index in [0.29, 0.717) is 25.2 Å². The molecular formula is C27H30N2O2S. The molecule has 1 amide bonds. The van der Waals surface area contributed by atoms with Gasteiger partial charge in [0.05, 0.1) is 5.01 Å². The molecule has 0 unspecified atom stereocenters. The Bertz CT molecular complexity index is 1230. The van der Waals surface area contributed by atoms with E-state index in [0.717, 1.165) is 45.5 Å². The number of hydrogen-bond donors (Lipinski definition) is 0. The van der Waals surface area contributed by atoms with Gasteiger partial charge in [0.25, 0.3) is 5.91 Å². The van der Waals surface area contributed by atoms with Crippen molar-refractivity contribution >= 4 is 33.8 Å².